The summed E-state index contributed by atoms with van der Waals surface area (Å²) in [4.78, 5) is 24.1. The summed E-state index contributed by atoms with van der Waals surface area (Å²) in [6.07, 6.45) is 10.9. The number of aromatic nitrogens is 2. The number of amides is 1. The van der Waals surface area contributed by atoms with Gasteiger partial charge in [0.25, 0.3) is 0 Å². The number of likely N-dealkylation sites (tertiary alicyclic amines) is 1. The first-order valence-electron chi connectivity index (χ1n) is 13.2. The number of carbonyl (C=O) groups is 1. The molecule has 0 spiro atoms. The number of rotatable bonds is 9. The Morgan fingerprint density at radius 1 is 1.16 bits per heavy atom. The summed E-state index contributed by atoms with van der Waals surface area (Å²) in [5, 5.41) is 6.86. The number of hydrogen-bond acceptors (Lipinski definition) is 6. The second-order valence-electron chi connectivity index (χ2n) is 10.3. The molecule has 2 atom stereocenters. The summed E-state index contributed by atoms with van der Waals surface area (Å²) in [7, 11) is 0. The van der Waals surface area contributed by atoms with Crippen molar-refractivity contribution in [1.82, 2.24) is 14.9 Å². The molecule has 2 N–H and O–H groups in total. The normalized spacial score (nSPS) is 20.1. The van der Waals surface area contributed by atoms with Gasteiger partial charge in [0.05, 0.1) is 22.8 Å². The average molecular weight is 538 g/mol. The highest BCUT2D eigenvalue weighted by molar-refractivity contribution is 6.31. The number of anilines is 3. The molecule has 1 amide bonds. The van der Waals surface area contributed by atoms with E-state index in [0.29, 0.717) is 58.5 Å². The Morgan fingerprint density at radius 3 is 2.68 bits per heavy atom. The zero-order chi connectivity index (χ0) is 26.6. The summed E-state index contributed by atoms with van der Waals surface area (Å²) in [5.74, 6) is 0.900. The van der Waals surface area contributed by atoms with E-state index in [0.717, 1.165) is 19.4 Å². The number of halogens is 2. The highest BCUT2D eigenvalue weighted by Crippen LogP contribution is 2.36. The number of hydrogen-bond donors (Lipinski definition) is 2. The molecule has 2 unspecified atom stereocenters. The van der Waals surface area contributed by atoms with Crippen LogP contribution in [-0.2, 0) is 4.79 Å². The van der Waals surface area contributed by atoms with Crippen molar-refractivity contribution in [3.8, 4) is 5.75 Å². The molecule has 5 rings (SSSR count). The Bertz CT molecular complexity index is 1340. The summed E-state index contributed by atoms with van der Waals surface area (Å²) >= 11 is 5.95. The molecule has 2 aromatic carbocycles. The minimum Gasteiger partial charge on any atom is -0.491 e. The van der Waals surface area contributed by atoms with Gasteiger partial charge in [-0.3, -0.25) is 9.69 Å². The van der Waals surface area contributed by atoms with Crippen molar-refractivity contribution in [2.45, 2.75) is 58.0 Å². The van der Waals surface area contributed by atoms with E-state index >= 15 is 0 Å². The molecule has 1 aliphatic heterocycles. The van der Waals surface area contributed by atoms with Crippen molar-refractivity contribution >= 4 is 45.6 Å². The molecule has 0 radical (unpaired) electrons. The third-order valence-electron chi connectivity index (χ3n) is 7.31. The Kier molecular flexibility index (Phi) is 8.09. The van der Waals surface area contributed by atoms with Gasteiger partial charge in [0.15, 0.2) is 0 Å². The fraction of sp³-hybridized carbons (Fsp3) is 0.414. The van der Waals surface area contributed by atoms with E-state index in [9.17, 15) is 9.18 Å². The Labute approximate surface area is 227 Å². The van der Waals surface area contributed by atoms with E-state index in [-0.39, 0.29) is 10.9 Å². The molecule has 2 aliphatic rings. The van der Waals surface area contributed by atoms with Gasteiger partial charge in [0.2, 0.25) is 5.91 Å². The number of piperidine rings is 1. The predicted octanol–water partition coefficient (Wildman–Crippen LogP) is 6.71. The molecule has 0 bridgehead atoms. The average Bonchev–Trinajstić information content (AvgIpc) is 3.72. The van der Waals surface area contributed by atoms with Gasteiger partial charge in [0.1, 0.15) is 23.7 Å². The number of nitrogens with zero attached hydrogens (tertiary/aromatic N) is 3. The molecule has 1 aliphatic carbocycles. The fourth-order valence-electron chi connectivity index (χ4n) is 4.89. The van der Waals surface area contributed by atoms with E-state index in [1.54, 1.807) is 12.1 Å². The van der Waals surface area contributed by atoms with Crippen LogP contribution in [0.1, 0.15) is 46.0 Å². The summed E-state index contributed by atoms with van der Waals surface area (Å²) in [6.45, 7) is 5.82. The minimum absolute atomic E-state index is 0.0113. The third kappa shape index (κ3) is 6.42. The zero-order valence-electron chi connectivity index (χ0n) is 21.7. The number of carbonyl (C=O) groups excluding carboxylic acids is 1. The van der Waals surface area contributed by atoms with Crippen LogP contribution in [0.4, 0.5) is 21.6 Å². The zero-order valence-corrected chi connectivity index (χ0v) is 22.5. The van der Waals surface area contributed by atoms with Crippen LogP contribution in [0.2, 0.25) is 5.02 Å². The van der Waals surface area contributed by atoms with Crippen LogP contribution in [0.15, 0.2) is 48.8 Å². The van der Waals surface area contributed by atoms with Gasteiger partial charge in [-0.15, -0.1) is 0 Å². The minimum atomic E-state index is -0.496. The SMILES string of the molecule is CC1CCCC(C)N1CC=CC(=O)Nc1cc2c(Nc3ccc(F)c(Cl)c3)ncnc2cc1OCC1CC1. The Morgan fingerprint density at radius 2 is 1.95 bits per heavy atom. The molecule has 200 valence electrons. The van der Waals surface area contributed by atoms with Crippen LogP contribution >= 0.6 is 11.6 Å². The van der Waals surface area contributed by atoms with Gasteiger partial charge in [0, 0.05) is 41.8 Å². The van der Waals surface area contributed by atoms with Gasteiger partial charge >= 0.3 is 0 Å². The molecule has 1 saturated carbocycles. The van der Waals surface area contributed by atoms with Crippen molar-refractivity contribution in [3.63, 3.8) is 0 Å². The fourth-order valence-corrected chi connectivity index (χ4v) is 5.07. The molecule has 9 heteroatoms. The number of fused-ring (bicyclic) bond motifs is 1. The van der Waals surface area contributed by atoms with E-state index in [4.69, 9.17) is 16.3 Å². The van der Waals surface area contributed by atoms with Crippen LogP contribution in [0.3, 0.4) is 0 Å². The number of nitrogens with one attached hydrogen (secondary N) is 2. The smallest absolute Gasteiger partial charge is 0.248 e. The topological polar surface area (TPSA) is 79.4 Å². The van der Waals surface area contributed by atoms with Crippen LogP contribution in [0.5, 0.6) is 5.75 Å². The lowest BCUT2D eigenvalue weighted by Crippen LogP contribution is -2.43. The van der Waals surface area contributed by atoms with Crippen LogP contribution in [-0.4, -0.2) is 46.0 Å². The van der Waals surface area contributed by atoms with E-state index in [1.165, 1.54) is 37.7 Å². The van der Waals surface area contributed by atoms with Gasteiger partial charge in [-0.2, -0.15) is 0 Å². The first kappa shape index (κ1) is 26.4. The monoisotopic (exact) mass is 537 g/mol. The molecule has 38 heavy (non-hydrogen) atoms. The highest BCUT2D eigenvalue weighted by Gasteiger charge is 2.24. The quantitative estimate of drug-likeness (QED) is 0.295. The van der Waals surface area contributed by atoms with E-state index in [1.807, 2.05) is 18.2 Å². The molecule has 3 aromatic rings. The Hall–Kier alpha value is -3.23. The molecular weight excluding hydrogens is 505 g/mol. The van der Waals surface area contributed by atoms with Crippen molar-refractivity contribution in [3.05, 3.63) is 59.7 Å². The van der Waals surface area contributed by atoms with Crippen LogP contribution in [0, 0.1) is 11.7 Å². The summed E-state index contributed by atoms with van der Waals surface area (Å²) in [6, 6.07) is 9.02. The maximum Gasteiger partial charge on any atom is 0.248 e. The maximum atomic E-state index is 13.6. The van der Waals surface area contributed by atoms with Crippen LogP contribution < -0.4 is 15.4 Å². The van der Waals surface area contributed by atoms with E-state index in [2.05, 4.69) is 39.3 Å². The molecule has 2 fully saturated rings. The van der Waals surface area contributed by atoms with Gasteiger partial charge < -0.3 is 15.4 Å². The highest BCUT2D eigenvalue weighted by atomic mass is 35.5. The van der Waals surface area contributed by atoms with Crippen molar-refractivity contribution < 1.29 is 13.9 Å². The first-order valence-corrected chi connectivity index (χ1v) is 13.6. The lowest BCUT2D eigenvalue weighted by atomic mass is 9.98. The lowest BCUT2D eigenvalue weighted by molar-refractivity contribution is -0.111. The van der Waals surface area contributed by atoms with Gasteiger partial charge in [-0.25, -0.2) is 14.4 Å². The Balaban J connectivity index is 1.38. The number of benzene rings is 2. The molecule has 1 aromatic heterocycles. The van der Waals surface area contributed by atoms with Crippen molar-refractivity contribution in [1.29, 1.82) is 0 Å². The summed E-state index contributed by atoms with van der Waals surface area (Å²) in [5.41, 5.74) is 1.78. The van der Waals surface area contributed by atoms with Gasteiger partial charge in [-0.1, -0.05) is 24.1 Å². The molecule has 2 heterocycles. The lowest BCUT2D eigenvalue weighted by Gasteiger charge is -2.38. The number of ether oxygens (including phenoxy) is 1. The summed E-state index contributed by atoms with van der Waals surface area (Å²) < 4.78 is 19.7. The van der Waals surface area contributed by atoms with Crippen molar-refractivity contribution in [2.24, 2.45) is 5.92 Å². The predicted molar refractivity (Wildman–Crippen MR) is 150 cm³/mol. The van der Waals surface area contributed by atoms with Crippen molar-refractivity contribution in [2.75, 3.05) is 23.8 Å². The second-order valence-corrected chi connectivity index (χ2v) is 10.7. The molecule has 1 saturated heterocycles. The first-order chi connectivity index (χ1) is 18.4. The van der Waals surface area contributed by atoms with Gasteiger partial charge in [-0.05, 0) is 69.7 Å². The largest absolute Gasteiger partial charge is 0.491 e. The molecule has 7 nitrogen and oxygen atoms in total. The van der Waals surface area contributed by atoms with Crippen LogP contribution in [0.25, 0.3) is 10.9 Å². The second kappa shape index (κ2) is 11.7. The maximum absolute atomic E-state index is 13.6. The standard InChI is InChI=1S/C29H33ClFN5O2/c1-18-5-3-6-19(2)36(18)12-4-7-28(37)35-26-14-22-25(15-27(26)38-16-20-8-9-20)32-17-33-29(22)34-21-10-11-24(31)23(30)13-21/h4,7,10-11,13-15,17-20H,3,5-6,8-9,12,16H2,1-2H3,(H,35,37)(H,32,33,34). The molecular formula is C29H33ClFN5O2. The van der Waals surface area contributed by atoms with E-state index < -0.39 is 5.82 Å². The third-order valence-corrected chi connectivity index (χ3v) is 7.60.